The molecule has 0 spiro atoms. The molecule has 23 heavy (non-hydrogen) atoms. The zero-order chi connectivity index (χ0) is 16.4. The highest BCUT2D eigenvalue weighted by Gasteiger charge is 2.23. The lowest BCUT2D eigenvalue weighted by molar-refractivity contribution is -0.391. The Morgan fingerprint density at radius 1 is 1.39 bits per heavy atom. The number of fused-ring (bicyclic) bond motifs is 1. The molecule has 0 saturated carbocycles. The standard InChI is InChI=1S/C16H18N4O3/c1-19-14(6-7-15(19)20(22)23)16(21)18-10-13-12-5-3-2-4-11(12)8-9-17-13/h2-7,13,17H,8-10H2,1H3,(H,18,21). The summed E-state index contributed by atoms with van der Waals surface area (Å²) in [6.45, 7) is 1.31. The molecule has 0 bridgehead atoms. The number of nitro groups is 1. The van der Waals surface area contributed by atoms with Crippen LogP contribution in [0.25, 0.3) is 0 Å². The van der Waals surface area contributed by atoms with Crippen molar-refractivity contribution >= 4 is 11.7 Å². The summed E-state index contributed by atoms with van der Waals surface area (Å²) in [5.41, 5.74) is 2.76. The normalized spacial score (nSPS) is 16.7. The number of carbonyl (C=O) groups excluding carboxylic acids is 1. The van der Waals surface area contributed by atoms with Crippen molar-refractivity contribution in [2.45, 2.75) is 12.5 Å². The summed E-state index contributed by atoms with van der Waals surface area (Å²) in [6, 6.07) is 11.0. The molecule has 1 unspecified atom stereocenters. The van der Waals surface area contributed by atoms with E-state index in [0.29, 0.717) is 6.54 Å². The summed E-state index contributed by atoms with van der Waals surface area (Å²) >= 11 is 0. The van der Waals surface area contributed by atoms with Gasteiger partial charge in [-0.1, -0.05) is 24.3 Å². The molecule has 2 heterocycles. The molecule has 1 aliphatic rings. The lowest BCUT2D eigenvalue weighted by atomic mass is 9.94. The van der Waals surface area contributed by atoms with Gasteiger partial charge in [0.25, 0.3) is 5.91 Å². The van der Waals surface area contributed by atoms with Gasteiger partial charge in [-0.25, -0.2) is 4.57 Å². The van der Waals surface area contributed by atoms with Crippen molar-refractivity contribution in [2.75, 3.05) is 13.1 Å². The summed E-state index contributed by atoms with van der Waals surface area (Å²) in [6.07, 6.45) is 0.977. The van der Waals surface area contributed by atoms with Crippen molar-refractivity contribution < 1.29 is 9.72 Å². The minimum atomic E-state index is -0.504. The van der Waals surface area contributed by atoms with Crippen molar-refractivity contribution in [2.24, 2.45) is 7.05 Å². The molecule has 1 aromatic heterocycles. The summed E-state index contributed by atoms with van der Waals surface area (Å²) in [7, 11) is 1.52. The highest BCUT2D eigenvalue weighted by Crippen LogP contribution is 2.22. The number of hydrogen-bond donors (Lipinski definition) is 2. The van der Waals surface area contributed by atoms with E-state index in [-0.39, 0.29) is 23.5 Å². The van der Waals surface area contributed by atoms with Crippen molar-refractivity contribution in [3.8, 4) is 0 Å². The Bertz CT molecular complexity index is 754. The van der Waals surface area contributed by atoms with E-state index in [1.807, 2.05) is 12.1 Å². The van der Waals surface area contributed by atoms with E-state index in [9.17, 15) is 14.9 Å². The molecule has 0 radical (unpaired) electrons. The molecule has 7 nitrogen and oxygen atoms in total. The number of aromatic nitrogens is 1. The predicted octanol–water partition coefficient (Wildman–Crippen LogP) is 1.55. The third-order valence-electron chi connectivity index (χ3n) is 4.20. The van der Waals surface area contributed by atoms with Gasteiger partial charge in [-0.15, -0.1) is 0 Å². The van der Waals surface area contributed by atoms with Crippen molar-refractivity contribution in [3.63, 3.8) is 0 Å². The first-order valence-electron chi connectivity index (χ1n) is 7.47. The molecule has 3 rings (SSSR count). The molecule has 2 N–H and O–H groups in total. The molecule has 0 aliphatic carbocycles. The van der Waals surface area contributed by atoms with E-state index < -0.39 is 4.92 Å². The second-order valence-electron chi connectivity index (χ2n) is 5.56. The van der Waals surface area contributed by atoms with Crippen LogP contribution in [0.5, 0.6) is 0 Å². The average Bonchev–Trinajstić information content (AvgIpc) is 2.94. The van der Waals surface area contributed by atoms with Crippen LogP contribution in [0.2, 0.25) is 0 Å². The number of benzene rings is 1. The van der Waals surface area contributed by atoms with Crippen molar-refractivity contribution in [1.29, 1.82) is 0 Å². The lowest BCUT2D eigenvalue weighted by Gasteiger charge is -2.27. The van der Waals surface area contributed by atoms with Crippen LogP contribution < -0.4 is 10.6 Å². The van der Waals surface area contributed by atoms with Gasteiger partial charge in [-0.2, -0.15) is 0 Å². The van der Waals surface area contributed by atoms with Crippen LogP contribution in [0.3, 0.4) is 0 Å². The fraction of sp³-hybridized carbons (Fsp3) is 0.312. The monoisotopic (exact) mass is 314 g/mol. The maximum atomic E-state index is 12.3. The number of amides is 1. The van der Waals surface area contributed by atoms with Gasteiger partial charge in [0.15, 0.2) is 5.69 Å². The van der Waals surface area contributed by atoms with Gasteiger partial charge >= 0.3 is 5.82 Å². The van der Waals surface area contributed by atoms with Crippen LogP contribution in [-0.4, -0.2) is 28.5 Å². The Morgan fingerprint density at radius 3 is 2.91 bits per heavy atom. The average molecular weight is 314 g/mol. The SMILES string of the molecule is Cn1c(C(=O)NCC2NCCc3ccccc32)ccc1[N+](=O)[O-]. The topological polar surface area (TPSA) is 89.2 Å². The molecule has 1 amide bonds. The predicted molar refractivity (Wildman–Crippen MR) is 85.3 cm³/mol. The maximum absolute atomic E-state index is 12.3. The minimum Gasteiger partial charge on any atom is -0.358 e. The highest BCUT2D eigenvalue weighted by atomic mass is 16.6. The molecule has 0 fully saturated rings. The smallest absolute Gasteiger partial charge is 0.323 e. The van der Waals surface area contributed by atoms with Crippen LogP contribution in [-0.2, 0) is 13.5 Å². The molecule has 0 saturated heterocycles. The van der Waals surface area contributed by atoms with Crippen molar-refractivity contribution in [1.82, 2.24) is 15.2 Å². The zero-order valence-electron chi connectivity index (χ0n) is 12.8. The van der Waals surface area contributed by atoms with Gasteiger partial charge < -0.3 is 20.7 Å². The van der Waals surface area contributed by atoms with E-state index in [4.69, 9.17) is 0 Å². The van der Waals surface area contributed by atoms with Crippen LogP contribution in [0.1, 0.15) is 27.7 Å². The minimum absolute atomic E-state index is 0.0548. The second kappa shape index (κ2) is 6.21. The first-order chi connectivity index (χ1) is 11.1. The fourth-order valence-electron chi connectivity index (χ4n) is 2.97. The number of rotatable bonds is 4. The van der Waals surface area contributed by atoms with E-state index in [2.05, 4.69) is 22.8 Å². The molecular weight excluding hydrogens is 296 g/mol. The Kier molecular flexibility index (Phi) is 4.12. The molecule has 1 aromatic carbocycles. The van der Waals surface area contributed by atoms with Crippen LogP contribution >= 0.6 is 0 Å². The van der Waals surface area contributed by atoms with Crippen LogP contribution in [0, 0.1) is 10.1 Å². The van der Waals surface area contributed by atoms with E-state index in [1.54, 1.807) is 0 Å². The molecule has 1 aliphatic heterocycles. The summed E-state index contributed by atoms with van der Waals surface area (Å²) in [5, 5.41) is 17.1. The summed E-state index contributed by atoms with van der Waals surface area (Å²) in [4.78, 5) is 22.6. The van der Waals surface area contributed by atoms with E-state index in [1.165, 1.54) is 34.9 Å². The fourth-order valence-corrected chi connectivity index (χ4v) is 2.97. The Morgan fingerprint density at radius 2 is 2.17 bits per heavy atom. The first-order valence-corrected chi connectivity index (χ1v) is 7.47. The first kappa shape index (κ1) is 15.2. The lowest BCUT2D eigenvalue weighted by Crippen LogP contribution is -2.39. The molecule has 120 valence electrons. The van der Waals surface area contributed by atoms with E-state index >= 15 is 0 Å². The number of nitrogens with one attached hydrogen (secondary N) is 2. The van der Waals surface area contributed by atoms with Gasteiger partial charge in [0.1, 0.15) is 0 Å². The second-order valence-corrected chi connectivity index (χ2v) is 5.56. The summed E-state index contributed by atoms with van der Waals surface area (Å²) < 4.78 is 1.29. The largest absolute Gasteiger partial charge is 0.358 e. The number of nitrogens with zero attached hydrogens (tertiary/aromatic N) is 2. The number of carbonyl (C=O) groups is 1. The third kappa shape index (κ3) is 2.95. The van der Waals surface area contributed by atoms with Gasteiger partial charge in [0.05, 0.1) is 7.05 Å². The molecular formula is C16H18N4O3. The van der Waals surface area contributed by atoms with Gasteiger partial charge in [0.2, 0.25) is 0 Å². The Balaban J connectivity index is 1.70. The Hall–Kier alpha value is -2.67. The Labute approximate surface area is 133 Å². The molecule has 2 aromatic rings. The van der Waals surface area contributed by atoms with E-state index in [0.717, 1.165) is 13.0 Å². The summed E-state index contributed by atoms with van der Waals surface area (Å²) in [5.74, 6) is -0.415. The zero-order valence-corrected chi connectivity index (χ0v) is 12.8. The maximum Gasteiger partial charge on any atom is 0.323 e. The van der Waals surface area contributed by atoms with Gasteiger partial charge in [-0.05, 0) is 35.1 Å². The third-order valence-corrected chi connectivity index (χ3v) is 4.20. The van der Waals surface area contributed by atoms with Gasteiger partial charge in [0, 0.05) is 18.7 Å². The highest BCUT2D eigenvalue weighted by molar-refractivity contribution is 5.93. The van der Waals surface area contributed by atoms with Crippen LogP contribution in [0.4, 0.5) is 5.82 Å². The molecule has 1 atom stereocenters. The van der Waals surface area contributed by atoms with Gasteiger partial charge in [-0.3, -0.25) is 4.79 Å². The quantitative estimate of drug-likeness (QED) is 0.662. The molecule has 7 heteroatoms. The van der Waals surface area contributed by atoms with Crippen molar-refractivity contribution in [3.05, 3.63) is 63.3 Å². The number of hydrogen-bond acceptors (Lipinski definition) is 4. The van der Waals surface area contributed by atoms with Crippen LogP contribution in [0.15, 0.2) is 36.4 Å².